The van der Waals surface area contributed by atoms with E-state index in [2.05, 4.69) is 30.7 Å². The number of nitrogens with one attached hydrogen (secondary N) is 2. The van der Waals surface area contributed by atoms with Gasteiger partial charge in [0.2, 0.25) is 11.9 Å². The van der Waals surface area contributed by atoms with E-state index in [0.29, 0.717) is 29.1 Å². The van der Waals surface area contributed by atoms with E-state index in [9.17, 15) is 9.18 Å². The summed E-state index contributed by atoms with van der Waals surface area (Å²) in [6.07, 6.45) is 4.21. The Bertz CT molecular complexity index is 1380. The van der Waals surface area contributed by atoms with Gasteiger partial charge in [-0.25, -0.2) is 14.4 Å². The Balaban J connectivity index is 1.55. The molecule has 2 aromatic heterocycles. The van der Waals surface area contributed by atoms with E-state index in [0.717, 1.165) is 36.0 Å². The molecule has 0 bridgehead atoms. The molecule has 4 aromatic rings. The predicted molar refractivity (Wildman–Crippen MR) is 134 cm³/mol. The number of amides is 1. The number of nitrogens with zero attached hydrogens (tertiary/aromatic N) is 5. The smallest absolute Gasteiger partial charge is 0.239 e. The minimum atomic E-state index is -0.351. The summed E-state index contributed by atoms with van der Waals surface area (Å²) in [4.78, 5) is 28.2. The fraction of sp³-hybridized carbons (Fsp3) is 0.280. The first-order valence-corrected chi connectivity index (χ1v) is 11.5. The Labute approximate surface area is 202 Å². The first-order chi connectivity index (χ1) is 16.9. The highest BCUT2D eigenvalue weighted by Gasteiger charge is 2.24. The molecule has 1 atom stereocenters. The molecule has 0 unspecified atom stereocenters. The summed E-state index contributed by atoms with van der Waals surface area (Å²) >= 11 is 0. The Morgan fingerprint density at radius 3 is 2.66 bits per heavy atom. The molecule has 4 N–H and O–H groups in total. The third-order valence-corrected chi connectivity index (χ3v) is 6.47. The maximum absolute atomic E-state index is 13.6. The normalized spacial score (nSPS) is 16.0. The van der Waals surface area contributed by atoms with Gasteiger partial charge in [0.1, 0.15) is 5.82 Å². The second-order valence-corrected chi connectivity index (χ2v) is 8.87. The van der Waals surface area contributed by atoms with Gasteiger partial charge >= 0.3 is 0 Å². The average molecular weight is 475 g/mol. The maximum Gasteiger partial charge on any atom is 0.239 e. The number of anilines is 2. The van der Waals surface area contributed by atoms with Gasteiger partial charge in [-0.2, -0.15) is 4.98 Å². The number of hydrogen-bond donors (Lipinski definition) is 3. The van der Waals surface area contributed by atoms with Gasteiger partial charge in [-0.05, 0) is 68.4 Å². The van der Waals surface area contributed by atoms with Crippen molar-refractivity contribution in [1.29, 1.82) is 0 Å². The second kappa shape index (κ2) is 9.30. The zero-order valence-electron chi connectivity index (χ0n) is 19.6. The number of aromatic nitrogens is 4. The molecule has 2 aromatic carbocycles. The Kier molecular flexibility index (Phi) is 6.04. The number of halogens is 1. The average Bonchev–Trinajstić information content (AvgIpc) is 3.42. The standard InChI is InChI=1S/C25H27FN8O/c1-33-11-3-4-18(33)13-21(35)31-32-24-22(16-7-10-19-20(12-16)34(2)14-28-19)23(29-25(27)30-24)15-5-8-17(26)9-6-15/h5-10,12,14,18H,3-4,11,13H2,1-2H3,(H,31,35)(H3,27,29,30,32)/t18-/m0/s1. The van der Waals surface area contributed by atoms with Crippen molar-refractivity contribution in [3.8, 4) is 22.4 Å². The van der Waals surface area contributed by atoms with Crippen molar-refractivity contribution in [2.75, 3.05) is 24.8 Å². The number of fused-ring (bicyclic) bond motifs is 1. The molecule has 9 nitrogen and oxygen atoms in total. The number of benzene rings is 2. The SMILES string of the molecule is CN1CCC[C@H]1CC(=O)NNc1nc(N)nc(-c2ccc(F)cc2)c1-c1ccc2ncn(C)c2c1. The van der Waals surface area contributed by atoms with Crippen molar-refractivity contribution in [2.24, 2.45) is 7.05 Å². The molecule has 0 aliphatic carbocycles. The molecular weight excluding hydrogens is 447 g/mol. The van der Waals surface area contributed by atoms with Gasteiger partial charge in [0.05, 0.1) is 28.6 Å². The number of carbonyl (C=O) groups excluding carboxylic acids is 1. The summed E-state index contributed by atoms with van der Waals surface area (Å²) in [5, 5.41) is 0. The van der Waals surface area contributed by atoms with Gasteiger partial charge < -0.3 is 15.2 Å². The minimum absolute atomic E-state index is 0.0296. The van der Waals surface area contributed by atoms with Crippen LogP contribution in [0.5, 0.6) is 0 Å². The van der Waals surface area contributed by atoms with E-state index >= 15 is 0 Å². The van der Waals surface area contributed by atoms with Crippen molar-refractivity contribution in [3.63, 3.8) is 0 Å². The summed E-state index contributed by atoms with van der Waals surface area (Å²) in [5.74, 6) is -0.109. The molecule has 1 saturated heterocycles. The van der Waals surface area contributed by atoms with Crippen LogP contribution in [-0.4, -0.2) is 50.0 Å². The lowest BCUT2D eigenvalue weighted by Crippen LogP contribution is -2.36. The molecule has 0 saturated carbocycles. The Morgan fingerprint density at radius 1 is 1.14 bits per heavy atom. The highest BCUT2D eigenvalue weighted by molar-refractivity contribution is 5.93. The lowest BCUT2D eigenvalue weighted by atomic mass is 9.99. The number of rotatable bonds is 6. The van der Waals surface area contributed by atoms with Crippen LogP contribution in [0, 0.1) is 5.82 Å². The number of imidazole rings is 1. The van der Waals surface area contributed by atoms with Gasteiger partial charge in [0.15, 0.2) is 5.82 Å². The number of nitrogens with two attached hydrogens (primary N) is 1. The van der Waals surface area contributed by atoms with Crippen LogP contribution in [0.4, 0.5) is 16.2 Å². The summed E-state index contributed by atoms with van der Waals surface area (Å²) in [6.45, 7) is 0.996. The summed E-state index contributed by atoms with van der Waals surface area (Å²) < 4.78 is 15.6. The Morgan fingerprint density at radius 2 is 1.91 bits per heavy atom. The summed E-state index contributed by atoms with van der Waals surface area (Å²) in [7, 11) is 3.95. The van der Waals surface area contributed by atoms with Crippen LogP contribution >= 0.6 is 0 Å². The summed E-state index contributed by atoms with van der Waals surface area (Å²) in [5.41, 5.74) is 16.2. The monoisotopic (exact) mass is 474 g/mol. The molecule has 1 amide bonds. The topological polar surface area (TPSA) is 114 Å². The van der Waals surface area contributed by atoms with Gasteiger partial charge in [-0.1, -0.05) is 6.07 Å². The van der Waals surface area contributed by atoms with Crippen LogP contribution in [-0.2, 0) is 11.8 Å². The number of hydrazine groups is 1. The van der Waals surface area contributed by atoms with Crippen LogP contribution in [0.1, 0.15) is 19.3 Å². The molecule has 10 heteroatoms. The van der Waals surface area contributed by atoms with Crippen LogP contribution in [0.3, 0.4) is 0 Å². The van der Waals surface area contributed by atoms with Crippen LogP contribution in [0.2, 0.25) is 0 Å². The van der Waals surface area contributed by atoms with Gasteiger partial charge in [0, 0.05) is 25.1 Å². The van der Waals surface area contributed by atoms with Crippen LogP contribution in [0.15, 0.2) is 48.8 Å². The molecule has 35 heavy (non-hydrogen) atoms. The first-order valence-electron chi connectivity index (χ1n) is 11.5. The van der Waals surface area contributed by atoms with Crippen molar-refractivity contribution in [2.45, 2.75) is 25.3 Å². The van der Waals surface area contributed by atoms with Crippen molar-refractivity contribution >= 4 is 28.7 Å². The van der Waals surface area contributed by atoms with Crippen LogP contribution in [0.25, 0.3) is 33.4 Å². The largest absolute Gasteiger partial charge is 0.368 e. The summed E-state index contributed by atoms with van der Waals surface area (Å²) in [6, 6.07) is 12.0. The minimum Gasteiger partial charge on any atom is -0.368 e. The lowest BCUT2D eigenvalue weighted by molar-refractivity contribution is -0.121. The van der Waals surface area contributed by atoms with E-state index < -0.39 is 0 Å². The van der Waals surface area contributed by atoms with Gasteiger partial charge in [0.25, 0.3) is 0 Å². The fourth-order valence-corrected chi connectivity index (χ4v) is 4.57. The first kappa shape index (κ1) is 22.7. The number of carbonyl (C=O) groups is 1. The molecule has 0 radical (unpaired) electrons. The second-order valence-electron chi connectivity index (χ2n) is 8.87. The van der Waals surface area contributed by atoms with Gasteiger partial charge in [-0.3, -0.25) is 15.6 Å². The number of hydrogen-bond acceptors (Lipinski definition) is 7. The number of aryl methyl sites for hydroxylation is 1. The van der Waals surface area contributed by atoms with E-state index in [1.807, 2.05) is 36.9 Å². The zero-order chi connectivity index (χ0) is 24.5. The van der Waals surface area contributed by atoms with Crippen LogP contribution < -0.4 is 16.6 Å². The van der Waals surface area contributed by atoms with Crippen molar-refractivity contribution in [3.05, 3.63) is 54.6 Å². The highest BCUT2D eigenvalue weighted by atomic mass is 19.1. The van der Waals surface area contributed by atoms with E-state index in [4.69, 9.17) is 5.73 Å². The molecule has 0 spiro atoms. The Hall–Kier alpha value is -4.05. The number of nitrogen functional groups attached to an aromatic ring is 1. The van der Waals surface area contributed by atoms with Crippen molar-refractivity contribution < 1.29 is 9.18 Å². The van der Waals surface area contributed by atoms with E-state index in [1.165, 1.54) is 12.1 Å². The zero-order valence-corrected chi connectivity index (χ0v) is 19.6. The third-order valence-electron chi connectivity index (χ3n) is 6.47. The van der Waals surface area contributed by atoms with E-state index in [1.54, 1.807) is 18.5 Å². The third kappa shape index (κ3) is 4.65. The van der Waals surface area contributed by atoms with E-state index in [-0.39, 0.29) is 23.7 Å². The predicted octanol–water partition coefficient (Wildman–Crippen LogP) is 3.35. The van der Waals surface area contributed by atoms with Gasteiger partial charge in [-0.15, -0.1) is 0 Å². The highest BCUT2D eigenvalue weighted by Crippen LogP contribution is 2.37. The molecule has 3 heterocycles. The maximum atomic E-state index is 13.6. The molecule has 1 fully saturated rings. The molecular formula is C25H27FN8O. The quantitative estimate of drug-likeness (QED) is 0.367. The lowest BCUT2D eigenvalue weighted by Gasteiger charge is -2.20. The van der Waals surface area contributed by atoms with Crippen molar-refractivity contribution in [1.82, 2.24) is 29.8 Å². The molecule has 5 rings (SSSR count). The molecule has 1 aliphatic rings. The fourth-order valence-electron chi connectivity index (χ4n) is 4.57. The molecule has 180 valence electrons. The number of likely N-dealkylation sites (tertiary alicyclic amines) is 1. The molecule has 1 aliphatic heterocycles.